The molecule has 0 aromatic carbocycles. The number of halogens is 3. The van der Waals surface area contributed by atoms with Gasteiger partial charge in [-0.15, -0.1) is 0 Å². The predicted molar refractivity (Wildman–Crippen MR) is 67.3 cm³/mol. The van der Waals surface area contributed by atoms with Crippen LogP contribution in [0.3, 0.4) is 0 Å². The molecular formula is C16H23F3. The van der Waals surface area contributed by atoms with E-state index in [0.717, 1.165) is 18.3 Å². The quantitative estimate of drug-likeness (QED) is 0.558. The first-order chi connectivity index (χ1) is 8.75. The number of hydrogen-bond donors (Lipinski definition) is 0. The van der Waals surface area contributed by atoms with E-state index >= 15 is 0 Å². The van der Waals surface area contributed by atoms with Crippen LogP contribution in [0, 0.1) is 52.8 Å². The average Bonchev–Trinajstić information content (AvgIpc) is 2.97. The number of alkyl halides is 3. The van der Waals surface area contributed by atoms with E-state index in [1.807, 2.05) is 0 Å². The van der Waals surface area contributed by atoms with Crippen molar-refractivity contribution in [1.82, 2.24) is 0 Å². The zero-order valence-electron chi connectivity index (χ0n) is 11.9. The monoisotopic (exact) mass is 272 g/mol. The van der Waals surface area contributed by atoms with E-state index in [1.54, 1.807) is 0 Å². The van der Waals surface area contributed by atoms with Gasteiger partial charge in [0, 0.05) is 0 Å². The van der Waals surface area contributed by atoms with Crippen molar-refractivity contribution in [2.45, 2.75) is 46.2 Å². The van der Waals surface area contributed by atoms with Gasteiger partial charge in [0.1, 0.15) is 0 Å². The standard InChI is InChI=1S/C16H23F3/c1-7-8(2)11-5-10(7)13-9-4-12(14(11)13)15(3,6-9)16(17,18)19/h7-14H,4-6H2,1-3H3. The second kappa shape index (κ2) is 3.33. The molecule has 0 aliphatic heterocycles. The Morgan fingerprint density at radius 1 is 0.947 bits per heavy atom. The van der Waals surface area contributed by atoms with Crippen molar-refractivity contribution in [3.63, 3.8) is 0 Å². The molecule has 4 aliphatic carbocycles. The topological polar surface area (TPSA) is 0 Å². The smallest absolute Gasteiger partial charge is 0.171 e. The lowest BCUT2D eigenvalue weighted by Gasteiger charge is -2.48. The number of fused-ring (bicyclic) bond motifs is 9. The highest BCUT2D eigenvalue weighted by Crippen LogP contribution is 2.75. The Labute approximate surface area is 113 Å². The minimum Gasteiger partial charge on any atom is -0.171 e. The van der Waals surface area contributed by atoms with Crippen LogP contribution in [-0.2, 0) is 0 Å². The Hall–Kier alpha value is -0.210. The van der Waals surface area contributed by atoms with Gasteiger partial charge in [-0.25, -0.2) is 0 Å². The van der Waals surface area contributed by atoms with Gasteiger partial charge in [-0.3, -0.25) is 0 Å². The van der Waals surface area contributed by atoms with E-state index < -0.39 is 11.6 Å². The van der Waals surface area contributed by atoms with Crippen LogP contribution in [0.4, 0.5) is 13.2 Å². The van der Waals surface area contributed by atoms with E-state index in [0.29, 0.717) is 36.0 Å². The molecule has 4 rings (SSSR count). The van der Waals surface area contributed by atoms with Crippen LogP contribution >= 0.6 is 0 Å². The molecule has 0 radical (unpaired) electrons. The van der Waals surface area contributed by atoms with Crippen molar-refractivity contribution in [2.24, 2.45) is 52.8 Å². The average molecular weight is 272 g/mol. The first-order valence-electron chi connectivity index (χ1n) is 7.82. The van der Waals surface area contributed by atoms with Gasteiger partial charge in [-0.1, -0.05) is 20.8 Å². The maximum Gasteiger partial charge on any atom is 0.394 e. The molecule has 3 heteroatoms. The van der Waals surface area contributed by atoms with Crippen molar-refractivity contribution >= 4 is 0 Å². The maximum atomic E-state index is 13.5. The molecule has 0 heterocycles. The number of rotatable bonds is 0. The molecule has 9 unspecified atom stereocenters. The highest BCUT2D eigenvalue weighted by molar-refractivity contribution is 5.17. The lowest BCUT2D eigenvalue weighted by molar-refractivity contribution is -0.246. The maximum absolute atomic E-state index is 13.5. The van der Waals surface area contributed by atoms with Gasteiger partial charge < -0.3 is 0 Å². The van der Waals surface area contributed by atoms with Gasteiger partial charge in [0.15, 0.2) is 0 Å². The molecule has 4 aliphatic rings. The Bertz CT molecular complexity index is 415. The zero-order chi connectivity index (χ0) is 13.7. The largest absolute Gasteiger partial charge is 0.394 e. The Morgan fingerprint density at radius 2 is 1.53 bits per heavy atom. The summed E-state index contributed by atoms with van der Waals surface area (Å²) in [6.07, 6.45) is -1.52. The van der Waals surface area contributed by atoms with Crippen molar-refractivity contribution in [1.29, 1.82) is 0 Å². The Balaban J connectivity index is 1.71. The molecule has 9 atom stereocenters. The third-order valence-corrected chi connectivity index (χ3v) is 7.88. The summed E-state index contributed by atoms with van der Waals surface area (Å²) >= 11 is 0. The lowest BCUT2D eigenvalue weighted by Crippen LogP contribution is -2.48. The van der Waals surface area contributed by atoms with E-state index in [1.165, 1.54) is 13.3 Å². The first-order valence-corrected chi connectivity index (χ1v) is 7.82. The van der Waals surface area contributed by atoms with Gasteiger partial charge in [0.25, 0.3) is 0 Å². The van der Waals surface area contributed by atoms with Gasteiger partial charge >= 0.3 is 6.18 Å². The van der Waals surface area contributed by atoms with Crippen LogP contribution in [0.1, 0.15) is 40.0 Å². The molecule has 19 heavy (non-hydrogen) atoms. The SMILES string of the molecule is CC1C(C)C2CC1C1C3CC(C21)C(C)(C(F)(F)F)C3. The molecule has 0 spiro atoms. The Kier molecular flexibility index (Phi) is 2.20. The fourth-order valence-corrected chi connectivity index (χ4v) is 6.91. The predicted octanol–water partition coefficient (Wildman–Crippen LogP) is 4.75. The van der Waals surface area contributed by atoms with Crippen LogP contribution in [0.5, 0.6) is 0 Å². The highest BCUT2D eigenvalue weighted by atomic mass is 19.4. The van der Waals surface area contributed by atoms with Crippen molar-refractivity contribution in [3.8, 4) is 0 Å². The van der Waals surface area contributed by atoms with Crippen molar-refractivity contribution in [3.05, 3.63) is 0 Å². The van der Waals surface area contributed by atoms with Gasteiger partial charge in [0.2, 0.25) is 0 Å². The lowest BCUT2D eigenvalue weighted by atomic mass is 9.58. The molecular weight excluding hydrogens is 249 g/mol. The normalized spacial score (nSPS) is 62.8. The fourth-order valence-electron chi connectivity index (χ4n) is 6.91. The summed E-state index contributed by atoms with van der Waals surface area (Å²) in [5.41, 5.74) is -1.38. The highest BCUT2D eigenvalue weighted by Gasteiger charge is 2.73. The molecule has 108 valence electrons. The minimum atomic E-state index is -4.01. The van der Waals surface area contributed by atoms with Gasteiger partial charge in [-0.2, -0.15) is 13.2 Å². The summed E-state index contributed by atoms with van der Waals surface area (Å²) in [4.78, 5) is 0. The molecule has 0 aromatic heterocycles. The molecule has 0 saturated heterocycles. The summed E-state index contributed by atoms with van der Waals surface area (Å²) in [6, 6.07) is 0. The van der Waals surface area contributed by atoms with Gasteiger partial charge in [0.05, 0.1) is 5.41 Å². The summed E-state index contributed by atoms with van der Waals surface area (Å²) in [5, 5.41) is 0. The fraction of sp³-hybridized carbons (Fsp3) is 1.00. The molecule has 0 nitrogen and oxygen atoms in total. The molecule has 4 fully saturated rings. The van der Waals surface area contributed by atoms with E-state index in [4.69, 9.17) is 0 Å². The van der Waals surface area contributed by atoms with E-state index in [-0.39, 0.29) is 5.92 Å². The van der Waals surface area contributed by atoms with Crippen LogP contribution in [0.25, 0.3) is 0 Å². The van der Waals surface area contributed by atoms with Crippen molar-refractivity contribution in [2.75, 3.05) is 0 Å². The van der Waals surface area contributed by atoms with Crippen LogP contribution in [0.15, 0.2) is 0 Å². The number of hydrogen-bond acceptors (Lipinski definition) is 0. The third-order valence-electron chi connectivity index (χ3n) is 7.88. The molecule has 0 aromatic rings. The second-order valence-corrected chi connectivity index (χ2v) is 8.16. The van der Waals surface area contributed by atoms with Gasteiger partial charge in [-0.05, 0) is 66.6 Å². The molecule has 4 bridgehead atoms. The Morgan fingerprint density at radius 3 is 2.11 bits per heavy atom. The van der Waals surface area contributed by atoms with Crippen molar-refractivity contribution < 1.29 is 13.2 Å². The summed E-state index contributed by atoms with van der Waals surface area (Å²) < 4.78 is 40.4. The molecule has 0 amide bonds. The van der Waals surface area contributed by atoms with Crippen LogP contribution < -0.4 is 0 Å². The summed E-state index contributed by atoms with van der Waals surface area (Å²) in [6.45, 7) is 6.12. The first kappa shape index (κ1) is 12.5. The molecule has 0 N–H and O–H groups in total. The van der Waals surface area contributed by atoms with E-state index in [9.17, 15) is 13.2 Å². The van der Waals surface area contributed by atoms with Crippen LogP contribution in [-0.4, -0.2) is 6.18 Å². The minimum absolute atomic E-state index is 0.0764. The summed E-state index contributed by atoms with van der Waals surface area (Å²) in [7, 11) is 0. The molecule has 4 saturated carbocycles. The van der Waals surface area contributed by atoms with Crippen LogP contribution in [0.2, 0.25) is 0 Å². The zero-order valence-corrected chi connectivity index (χ0v) is 11.9. The van der Waals surface area contributed by atoms with E-state index in [2.05, 4.69) is 13.8 Å². The second-order valence-electron chi connectivity index (χ2n) is 8.16. The third kappa shape index (κ3) is 1.24. The summed E-state index contributed by atoms with van der Waals surface area (Å²) in [5.74, 6) is 4.02.